The van der Waals surface area contributed by atoms with Gasteiger partial charge < -0.3 is 14.4 Å². The lowest BCUT2D eigenvalue weighted by Crippen LogP contribution is -2.48. The van der Waals surface area contributed by atoms with E-state index in [2.05, 4.69) is 0 Å². The van der Waals surface area contributed by atoms with Crippen molar-refractivity contribution in [3.8, 4) is 22.7 Å². The molecule has 2 heterocycles. The first kappa shape index (κ1) is 19.2. The van der Waals surface area contributed by atoms with Gasteiger partial charge in [-0.25, -0.2) is 4.68 Å². The monoisotopic (exact) mass is 391 g/mol. The molecule has 0 bridgehead atoms. The van der Waals surface area contributed by atoms with Gasteiger partial charge in [-0.1, -0.05) is 18.2 Å². The summed E-state index contributed by atoms with van der Waals surface area (Å²) in [6.45, 7) is 5.13. The number of ether oxygens (including phenoxy) is 2. The summed E-state index contributed by atoms with van der Waals surface area (Å²) in [5.74, 6) is 0.736. The zero-order valence-electron chi connectivity index (χ0n) is 16.9. The fourth-order valence-corrected chi connectivity index (χ4v) is 3.72. The summed E-state index contributed by atoms with van der Waals surface area (Å²) in [7, 11) is 1.63. The summed E-state index contributed by atoms with van der Waals surface area (Å²) in [5.41, 5.74) is 3.02. The molecule has 4 rings (SSSR count). The van der Waals surface area contributed by atoms with Crippen molar-refractivity contribution in [3.63, 3.8) is 0 Å². The lowest BCUT2D eigenvalue weighted by molar-refractivity contribution is -0.0586. The van der Waals surface area contributed by atoms with E-state index >= 15 is 0 Å². The minimum atomic E-state index is -0.0278. The van der Waals surface area contributed by atoms with Crippen LogP contribution in [0, 0.1) is 0 Å². The summed E-state index contributed by atoms with van der Waals surface area (Å²) in [4.78, 5) is 15.3. The Labute approximate surface area is 170 Å². The lowest BCUT2D eigenvalue weighted by Gasteiger charge is -2.35. The molecule has 2 aromatic carbocycles. The number of carbonyl (C=O) groups is 1. The average Bonchev–Trinajstić information content (AvgIpc) is 3.18. The third-order valence-corrected chi connectivity index (χ3v) is 5.04. The number of rotatable bonds is 4. The number of benzene rings is 2. The quantitative estimate of drug-likeness (QED) is 0.679. The summed E-state index contributed by atoms with van der Waals surface area (Å²) in [6, 6.07) is 17.4. The first-order valence-corrected chi connectivity index (χ1v) is 9.79. The normalized spacial score (nSPS) is 19.2. The molecule has 0 saturated carbocycles. The Morgan fingerprint density at radius 2 is 1.69 bits per heavy atom. The lowest BCUT2D eigenvalue weighted by atomic mass is 10.1. The van der Waals surface area contributed by atoms with Gasteiger partial charge >= 0.3 is 0 Å². The highest BCUT2D eigenvalue weighted by Crippen LogP contribution is 2.27. The predicted molar refractivity (Wildman–Crippen MR) is 111 cm³/mol. The van der Waals surface area contributed by atoms with Gasteiger partial charge in [0.05, 0.1) is 30.6 Å². The molecule has 150 valence electrons. The van der Waals surface area contributed by atoms with E-state index in [9.17, 15) is 4.79 Å². The van der Waals surface area contributed by atoms with Crippen molar-refractivity contribution in [1.82, 2.24) is 14.7 Å². The standard InChI is InChI=1S/C23H25N3O3/c1-16-13-25(14-17(2)29-16)23(27)21-15-26(19-7-5-4-6-8-19)24-22(21)18-9-11-20(28-3)12-10-18/h4-12,15-17H,13-14H2,1-3H3. The maximum absolute atomic E-state index is 13.4. The molecular weight excluding hydrogens is 366 g/mol. The smallest absolute Gasteiger partial charge is 0.257 e. The van der Waals surface area contributed by atoms with Crippen LogP contribution in [0.3, 0.4) is 0 Å². The highest BCUT2D eigenvalue weighted by atomic mass is 16.5. The third-order valence-electron chi connectivity index (χ3n) is 5.04. The number of carbonyl (C=O) groups excluding carboxylic acids is 1. The van der Waals surface area contributed by atoms with Crippen molar-refractivity contribution < 1.29 is 14.3 Å². The number of hydrogen-bond acceptors (Lipinski definition) is 4. The minimum Gasteiger partial charge on any atom is -0.497 e. The van der Waals surface area contributed by atoms with Crippen LogP contribution in [0.25, 0.3) is 16.9 Å². The molecule has 1 fully saturated rings. The summed E-state index contributed by atoms with van der Waals surface area (Å²) < 4.78 is 12.8. The Kier molecular flexibility index (Phi) is 5.36. The van der Waals surface area contributed by atoms with Gasteiger partial charge in [-0.05, 0) is 50.2 Å². The van der Waals surface area contributed by atoms with Crippen LogP contribution in [0.5, 0.6) is 5.75 Å². The van der Waals surface area contributed by atoms with Crippen LogP contribution in [0.1, 0.15) is 24.2 Å². The van der Waals surface area contributed by atoms with Crippen molar-refractivity contribution in [2.45, 2.75) is 26.1 Å². The van der Waals surface area contributed by atoms with Crippen LogP contribution < -0.4 is 4.74 Å². The molecule has 3 aromatic rings. The maximum atomic E-state index is 13.4. The van der Waals surface area contributed by atoms with Gasteiger partial charge in [0.25, 0.3) is 5.91 Å². The largest absolute Gasteiger partial charge is 0.497 e. The predicted octanol–water partition coefficient (Wildman–Crippen LogP) is 3.80. The molecule has 0 aliphatic carbocycles. The molecule has 29 heavy (non-hydrogen) atoms. The fourth-order valence-electron chi connectivity index (χ4n) is 3.72. The zero-order chi connectivity index (χ0) is 20.4. The van der Waals surface area contributed by atoms with Crippen LogP contribution in [-0.4, -0.2) is 53.0 Å². The molecule has 1 amide bonds. The molecule has 6 nitrogen and oxygen atoms in total. The van der Waals surface area contributed by atoms with Crippen LogP contribution in [0.15, 0.2) is 60.8 Å². The van der Waals surface area contributed by atoms with Crippen LogP contribution in [0.2, 0.25) is 0 Å². The molecule has 1 aliphatic rings. The van der Waals surface area contributed by atoms with Gasteiger partial charge in [0.1, 0.15) is 11.4 Å². The van der Waals surface area contributed by atoms with E-state index in [0.29, 0.717) is 24.3 Å². The second kappa shape index (κ2) is 8.09. The Hall–Kier alpha value is -3.12. The van der Waals surface area contributed by atoms with Crippen LogP contribution in [0.4, 0.5) is 0 Å². The first-order valence-electron chi connectivity index (χ1n) is 9.79. The Morgan fingerprint density at radius 1 is 1.03 bits per heavy atom. The molecule has 1 aliphatic heterocycles. The van der Waals surface area contributed by atoms with Gasteiger partial charge in [-0.3, -0.25) is 4.79 Å². The zero-order valence-corrected chi connectivity index (χ0v) is 16.9. The second-order valence-corrected chi connectivity index (χ2v) is 7.37. The van der Waals surface area contributed by atoms with Gasteiger partial charge in [-0.2, -0.15) is 5.10 Å². The maximum Gasteiger partial charge on any atom is 0.257 e. The molecule has 2 unspecified atom stereocenters. The van der Waals surface area contributed by atoms with Crippen molar-refractivity contribution in [3.05, 3.63) is 66.4 Å². The van der Waals surface area contributed by atoms with Crippen molar-refractivity contribution >= 4 is 5.91 Å². The van der Waals surface area contributed by atoms with E-state index in [0.717, 1.165) is 17.0 Å². The summed E-state index contributed by atoms with van der Waals surface area (Å²) in [5, 5.41) is 4.76. The van der Waals surface area contributed by atoms with Gasteiger partial charge in [0.2, 0.25) is 0 Å². The molecule has 0 N–H and O–H groups in total. The molecule has 0 spiro atoms. The SMILES string of the molecule is COc1ccc(-c2nn(-c3ccccc3)cc2C(=O)N2CC(C)OC(C)C2)cc1. The fraction of sp³-hybridized carbons (Fsp3) is 0.304. The summed E-state index contributed by atoms with van der Waals surface area (Å²) in [6.07, 6.45) is 1.84. The molecule has 1 aromatic heterocycles. The first-order chi connectivity index (χ1) is 14.0. The number of aromatic nitrogens is 2. The molecule has 2 atom stereocenters. The molecular formula is C23H25N3O3. The third kappa shape index (κ3) is 4.03. The van der Waals surface area contributed by atoms with Crippen LogP contribution >= 0.6 is 0 Å². The van der Waals surface area contributed by atoms with Gasteiger partial charge in [0.15, 0.2) is 0 Å². The van der Waals surface area contributed by atoms with Crippen LogP contribution in [-0.2, 0) is 4.74 Å². The topological polar surface area (TPSA) is 56.6 Å². The molecule has 6 heteroatoms. The number of methoxy groups -OCH3 is 1. The summed E-state index contributed by atoms with van der Waals surface area (Å²) >= 11 is 0. The van der Waals surface area contributed by atoms with E-state index in [1.54, 1.807) is 11.8 Å². The molecule has 1 saturated heterocycles. The van der Waals surface area contributed by atoms with E-state index in [4.69, 9.17) is 14.6 Å². The number of amides is 1. The van der Waals surface area contributed by atoms with Crippen molar-refractivity contribution in [1.29, 1.82) is 0 Å². The van der Waals surface area contributed by atoms with E-state index in [1.165, 1.54) is 0 Å². The Bertz CT molecular complexity index is 972. The number of hydrogen-bond donors (Lipinski definition) is 0. The minimum absolute atomic E-state index is 0.0105. The van der Waals surface area contributed by atoms with E-state index in [1.807, 2.05) is 79.5 Å². The Morgan fingerprint density at radius 3 is 2.31 bits per heavy atom. The molecule has 0 radical (unpaired) electrons. The van der Waals surface area contributed by atoms with Gasteiger partial charge in [-0.15, -0.1) is 0 Å². The average molecular weight is 391 g/mol. The van der Waals surface area contributed by atoms with Crippen molar-refractivity contribution in [2.24, 2.45) is 0 Å². The highest BCUT2D eigenvalue weighted by Gasteiger charge is 2.29. The number of nitrogens with zero attached hydrogens (tertiary/aromatic N) is 3. The second-order valence-electron chi connectivity index (χ2n) is 7.37. The highest BCUT2D eigenvalue weighted by molar-refractivity contribution is 6.00. The van der Waals surface area contributed by atoms with Crippen molar-refractivity contribution in [2.75, 3.05) is 20.2 Å². The van der Waals surface area contributed by atoms with E-state index in [-0.39, 0.29) is 18.1 Å². The number of para-hydroxylation sites is 1. The number of morpholine rings is 1. The Balaban J connectivity index is 1.76. The van der Waals surface area contributed by atoms with E-state index < -0.39 is 0 Å². The van der Waals surface area contributed by atoms with Gasteiger partial charge in [0, 0.05) is 24.8 Å².